The van der Waals surface area contributed by atoms with Crippen LogP contribution in [0, 0.1) is 0 Å². The SMILES string of the molecule is CCCCCC(C)NC1CCCNCC1. The molecule has 1 saturated heterocycles. The quantitative estimate of drug-likeness (QED) is 0.662. The third kappa shape index (κ3) is 6.16. The highest BCUT2D eigenvalue weighted by molar-refractivity contribution is 4.75. The molecule has 1 aliphatic rings. The summed E-state index contributed by atoms with van der Waals surface area (Å²) in [5.74, 6) is 0. The van der Waals surface area contributed by atoms with E-state index in [1.54, 1.807) is 0 Å². The predicted octanol–water partition coefficient (Wildman–Crippen LogP) is 2.69. The minimum Gasteiger partial charge on any atom is -0.317 e. The molecule has 0 spiro atoms. The minimum absolute atomic E-state index is 0.708. The first-order valence-electron chi connectivity index (χ1n) is 6.79. The van der Waals surface area contributed by atoms with E-state index in [4.69, 9.17) is 0 Å². The van der Waals surface area contributed by atoms with Crippen LogP contribution < -0.4 is 10.6 Å². The Morgan fingerprint density at radius 3 is 2.93 bits per heavy atom. The van der Waals surface area contributed by atoms with Gasteiger partial charge in [0.1, 0.15) is 0 Å². The zero-order chi connectivity index (χ0) is 10.9. The molecule has 0 radical (unpaired) electrons. The van der Waals surface area contributed by atoms with Crippen molar-refractivity contribution in [3.63, 3.8) is 0 Å². The second kappa shape index (κ2) is 8.12. The van der Waals surface area contributed by atoms with E-state index in [1.807, 2.05) is 0 Å². The molecule has 1 aliphatic heterocycles. The Labute approximate surface area is 95.2 Å². The summed E-state index contributed by atoms with van der Waals surface area (Å²) in [6.45, 7) is 7.02. The van der Waals surface area contributed by atoms with Crippen LogP contribution in [0.2, 0.25) is 0 Å². The predicted molar refractivity (Wildman–Crippen MR) is 67.2 cm³/mol. The molecule has 0 aromatic heterocycles. The lowest BCUT2D eigenvalue weighted by molar-refractivity contribution is 0.391. The highest BCUT2D eigenvalue weighted by atomic mass is 15.0. The van der Waals surface area contributed by atoms with Gasteiger partial charge in [-0.05, 0) is 45.7 Å². The number of nitrogens with one attached hydrogen (secondary N) is 2. The Hall–Kier alpha value is -0.0800. The van der Waals surface area contributed by atoms with Gasteiger partial charge in [-0.25, -0.2) is 0 Å². The third-order valence-electron chi connectivity index (χ3n) is 3.34. The average molecular weight is 212 g/mol. The summed E-state index contributed by atoms with van der Waals surface area (Å²) in [4.78, 5) is 0. The lowest BCUT2D eigenvalue weighted by Crippen LogP contribution is -2.37. The fourth-order valence-corrected chi connectivity index (χ4v) is 2.37. The Kier molecular flexibility index (Phi) is 7.03. The van der Waals surface area contributed by atoms with Crippen molar-refractivity contribution < 1.29 is 0 Å². The smallest absolute Gasteiger partial charge is 0.00820 e. The van der Waals surface area contributed by atoms with E-state index >= 15 is 0 Å². The van der Waals surface area contributed by atoms with Gasteiger partial charge >= 0.3 is 0 Å². The molecule has 15 heavy (non-hydrogen) atoms. The molecule has 0 aromatic rings. The zero-order valence-electron chi connectivity index (χ0n) is 10.5. The van der Waals surface area contributed by atoms with Gasteiger partial charge in [0.2, 0.25) is 0 Å². The fourth-order valence-electron chi connectivity index (χ4n) is 2.37. The third-order valence-corrected chi connectivity index (χ3v) is 3.34. The van der Waals surface area contributed by atoms with E-state index in [-0.39, 0.29) is 0 Å². The van der Waals surface area contributed by atoms with E-state index in [0.29, 0.717) is 6.04 Å². The first-order chi connectivity index (χ1) is 7.33. The molecule has 0 saturated carbocycles. The molecule has 1 heterocycles. The van der Waals surface area contributed by atoms with E-state index in [1.165, 1.54) is 58.0 Å². The molecule has 0 bridgehead atoms. The van der Waals surface area contributed by atoms with Crippen molar-refractivity contribution in [2.75, 3.05) is 13.1 Å². The Bertz CT molecular complexity index is 139. The molecule has 1 rings (SSSR count). The van der Waals surface area contributed by atoms with E-state index in [9.17, 15) is 0 Å². The Balaban J connectivity index is 2.09. The molecule has 2 N–H and O–H groups in total. The minimum atomic E-state index is 0.708. The molecule has 0 aliphatic carbocycles. The van der Waals surface area contributed by atoms with Crippen molar-refractivity contribution in [1.82, 2.24) is 10.6 Å². The normalized spacial score (nSPS) is 24.8. The fraction of sp³-hybridized carbons (Fsp3) is 1.00. The van der Waals surface area contributed by atoms with Crippen LogP contribution in [0.25, 0.3) is 0 Å². The van der Waals surface area contributed by atoms with E-state index < -0.39 is 0 Å². The maximum Gasteiger partial charge on any atom is 0.00820 e. The van der Waals surface area contributed by atoms with Gasteiger partial charge in [0, 0.05) is 12.1 Å². The summed E-state index contributed by atoms with van der Waals surface area (Å²) in [5, 5.41) is 7.24. The Morgan fingerprint density at radius 2 is 2.13 bits per heavy atom. The van der Waals surface area contributed by atoms with Crippen LogP contribution in [0.5, 0.6) is 0 Å². The van der Waals surface area contributed by atoms with Crippen molar-refractivity contribution in [3.05, 3.63) is 0 Å². The number of rotatable bonds is 6. The van der Waals surface area contributed by atoms with Crippen LogP contribution in [0.1, 0.15) is 58.8 Å². The van der Waals surface area contributed by atoms with Crippen LogP contribution in [0.3, 0.4) is 0 Å². The monoisotopic (exact) mass is 212 g/mol. The summed E-state index contributed by atoms with van der Waals surface area (Å²) in [6, 6.07) is 1.47. The summed E-state index contributed by atoms with van der Waals surface area (Å²) >= 11 is 0. The summed E-state index contributed by atoms with van der Waals surface area (Å²) in [6.07, 6.45) is 9.44. The first kappa shape index (κ1) is 13.0. The van der Waals surface area contributed by atoms with Crippen molar-refractivity contribution in [2.45, 2.75) is 70.9 Å². The van der Waals surface area contributed by atoms with Crippen LogP contribution in [-0.4, -0.2) is 25.2 Å². The van der Waals surface area contributed by atoms with Crippen molar-refractivity contribution in [3.8, 4) is 0 Å². The topological polar surface area (TPSA) is 24.1 Å². The molecule has 90 valence electrons. The molecule has 2 atom stereocenters. The molecule has 2 unspecified atom stereocenters. The highest BCUT2D eigenvalue weighted by Gasteiger charge is 2.13. The zero-order valence-corrected chi connectivity index (χ0v) is 10.5. The lowest BCUT2D eigenvalue weighted by Gasteiger charge is -2.21. The van der Waals surface area contributed by atoms with Gasteiger partial charge in [0.15, 0.2) is 0 Å². The molecule has 2 heteroatoms. The van der Waals surface area contributed by atoms with Gasteiger partial charge in [0.25, 0.3) is 0 Å². The average Bonchev–Trinajstić information content (AvgIpc) is 2.47. The van der Waals surface area contributed by atoms with Gasteiger partial charge in [-0.3, -0.25) is 0 Å². The standard InChI is InChI=1S/C13H28N2/c1-3-4-5-7-12(2)15-13-8-6-10-14-11-9-13/h12-15H,3-11H2,1-2H3. The highest BCUT2D eigenvalue weighted by Crippen LogP contribution is 2.09. The van der Waals surface area contributed by atoms with Gasteiger partial charge in [0.05, 0.1) is 0 Å². The molecular formula is C13H28N2. The Morgan fingerprint density at radius 1 is 1.27 bits per heavy atom. The van der Waals surface area contributed by atoms with Crippen LogP contribution >= 0.6 is 0 Å². The summed E-state index contributed by atoms with van der Waals surface area (Å²) in [5.41, 5.74) is 0. The summed E-state index contributed by atoms with van der Waals surface area (Å²) in [7, 11) is 0. The second-order valence-electron chi connectivity index (χ2n) is 4.94. The van der Waals surface area contributed by atoms with Gasteiger partial charge in [-0.2, -0.15) is 0 Å². The van der Waals surface area contributed by atoms with Gasteiger partial charge in [-0.15, -0.1) is 0 Å². The number of hydrogen-bond donors (Lipinski definition) is 2. The van der Waals surface area contributed by atoms with Crippen molar-refractivity contribution >= 4 is 0 Å². The lowest BCUT2D eigenvalue weighted by atomic mass is 10.1. The molecular weight excluding hydrogens is 184 g/mol. The second-order valence-corrected chi connectivity index (χ2v) is 4.94. The number of hydrogen-bond acceptors (Lipinski definition) is 2. The maximum absolute atomic E-state index is 3.78. The molecule has 1 fully saturated rings. The largest absolute Gasteiger partial charge is 0.317 e. The van der Waals surface area contributed by atoms with Gasteiger partial charge < -0.3 is 10.6 Å². The number of unbranched alkanes of at least 4 members (excludes halogenated alkanes) is 2. The van der Waals surface area contributed by atoms with Crippen LogP contribution in [-0.2, 0) is 0 Å². The van der Waals surface area contributed by atoms with Crippen molar-refractivity contribution in [2.24, 2.45) is 0 Å². The van der Waals surface area contributed by atoms with E-state index in [2.05, 4.69) is 24.5 Å². The van der Waals surface area contributed by atoms with Crippen LogP contribution in [0.15, 0.2) is 0 Å². The maximum atomic E-state index is 3.78. The first-order valence-corrected chi connectivity index (χ1v) is 6.79. The van der Waals surface area contributed by atoms with Gasteiger partial charge in [-0.1, -0.05) is 26.2 Å². The summed E-state index contributed by atoms with van der Waals surface area (Å²) < 4.78 is 0. The molecule has 0 aromatic carbocycles. The van der Waals surface area contributed by atoms with Crippen LogP contribution in [0.4, 0.5) is 0 Å². The van der Waals surface area contributed by atoms with E-state index in [0.717, 1.165) is 6.04 Å². The molecule has 0 amide bonds. The van der Waals surface area contributed by atoms with Crippen molar-refractivity contribution in [1.29, 1.82) is 0 Å². The molecule has 2 nitrogen and oxygen atoms in total.